The van der Waals surface area contributed by atoms with E-state index in [1.165, 1.54) is 6.33 Å². The Morgan fingerprint density at radius 1 is 1.03 bits per heavy atom. The van der Waals surface area contributed by atoms with E-state index in [0.717, 1.165) is 15.7 Å². The van der Waals surface area contributed by atoms with Gasteiger partial charge in [-0.1, -0.05) is 35.4 Å². The van der Waals surface area contributed by atoms with Gasteiger partial charge in [0.05, 0.1) is 11.1 Å². The number of esters is 2. The molecule has 1 aliphatic heterocycles. The second kappa shape index (κ2) is 9.84. The van der Waals surface area contributed by atoms with Gasteiger partial charge in [-0.2, -0.15) is 4.98 Å². The number of benzene rings is 2. The van der Waals surface area contributed by atoms with Crippen LogP contribution in [-0.2, 0) is 14.2 Å². The maximum atomic E-state index is 12.7. The molecule has 2 aromatic carbocycles. The molecule has 1 fully saturated rings. The van der Waals surface area contributed by atoms with Gasteiger partial charge in [0.2, 0.25) is 5.95 Å². The fourth-order valence-corrected chi connectivity index (χ4v) is 3.52. The van der Waals surface area contributed by atoms with E-state index in [4.69, 9.17) is 19.9 Å². The quantitative estimate of drug-likeness (QED) is 0.545. The Bertz CT molecular complexity index is 1240. The lowest BCUT2D eigenvalue weighted by Gasteiger charge is -2.19. The maximum Gasteiger partial charge on any atom is 0.354 e. The van der Waals surface area contributed by atoms with Gasteiger partial charge in [-0.25, -0.2) is 19.4 Å². The first kappa shape index (κ1) is 23.1. The normalized spacial score (nSPS) is 19.5. The third kappa shape index (κ3) is 5.29. The first-order valence-electron chi connectivity index (χ1n) is 10.7. The Labute approximate surface area is 195 Å². The van der Waals surface area contributed by atoms with Gasteiger partial charge in [-0.05, 0) is 38.1 Å². The highest BCUT2D eigenvalue weighted by Gasteiger charge is 2.40. The maximum absolute atomic E-state index is 12.7. The Kier molecular flexibility index (Phi) is 6.69. The van der Waals surface area contributed by atoms with Crippen molar-refractivity contribution in [1.82, 2.24) is 14.5 Å². The molecule has 10 nitrogen and oxygen atoms in total. The number of ether oxygens (including phenoxy) is 3. The number of hydrogen-bond donors (Lipinski definition) is 1. The highest BCUT2D eigenvalue weighted by atomic mass is 16.6. The van der Waals surface area contributed by atoms with Crippen LogP contribution in [0.5, 0.6) is 0 Å². The lowest BCUT2D eigenvalue weighted by molar-refractivity contribution is -0.0584. The molecule has 4 rings (SSSR count). The first-order chi connectivity index (χ1) is 16.3. The van der Waals surface area contributed by atoms with E-state index in [-0.39, 0.29) is 19.0 Å². The predicted octanol–water partition coefficient (Wildman–Crippen LogP) is 2.21. The number of anilines is 1. The number of rotatable bonds is 6. The average molecular weight is 464 g/mol. The molecule has 0 aliphatic carbocycles. The molecule has 0 radical (unpaired) electrons. The van der Waals surface area contributed by atoms with E-state index in [9.17, 15) is 14.4 Å². The minimum absolute atomic E-state index is 0.136. The summed E-state index contributed by atoms with van der Waals surface area (Å²) in [6.45, 7) is 3.65. The number of aromatic nitrogens is 3. The van der Waals surface area contributed by atoms with E-state index < -0.39 is 36.1 Å². The van der Waals surface area contributed by atoms with Crippen LogP contribution in [0.4, 0.5) is 5.95 Å². The minimum Gasteiger partial charge on any atom is -0.459 e. The molecule has 1 aromatic heterocycles. The van der Waals surface area contributed by atoms with Crippen LogP contribution in [0.15, 0.2) is 59.7 Å². The van der Waals surface area contributed by atoms with Crippen molar-refractivity contribution in [2.45, 2.75) is 38.7 Å². The third-order valence-corrected chi connectivity index (χ3v) is 5.45. The van der Waals surface area contributed by atoms with E-state index >= 15 is 0 Å². The summed E-state index contributed by atoms with van der Waals surface area (Å²) < 4.78 is 18.2. The molecular formula is C24H24N4O6. The van der Waals surface area contributed by atoms with Crippen molar-refractivity contribution < 1.29 is 23.8 Å². The molecule has 1 aliphatic rings. The lowest BCUT2D eigenvalue weighted by atomic mass is 10.1. The van der Waals surface area contributed by atoms with E-state index in [1.54, 1.807) is 48.5 Å². The standard InChI is InChI=1S/C24H24N4O6/c1-14-3-7-16(8-4-14)21(29)32-12-19-18(34-22(30)17-9-5-15(2)6-10-17)11-20(33-19)28-13-26-23(25)27-24(28)31/h3-10,13,18-20H,11-12H2,1-2H3,(H2,25,27,31)/t18-,19-,20?/m1/s1. The SMILES string of the molecule is Cc1ccc(C(=O)OC[C@H]2OC(n3cnc(N)nc3=O)C[C@H]2OC(=O)c2ccc(C)cc2)cc1. The molecule has 1 unspecified atom stereocenters. The van der Waals surface area contributed by atoms with Crippen molar-refractivity contribution >= 4 is 17.9 Å². The predicted molar refractivity (Wildman–Crippen MR) is 121 cm³/mol. The zero-order valence-corrected chi connectivity index (χ0v) is 18.7. The summed E-state index contributed by atoms with van der Waals surface area (Å²) in [5.74, 6) is -1.25. The number of nitrogen functional groups attached to an aromatic ring is 1. The number of nitrogens with zero attached hydrogens (tertiary/aromatic N) is 3. The summed E-state index contributed by atoms with van der Waals surface area (Å²) in [5.41, 5.74) is 7.58. The molecule has 0 bridgehead atoms. The Hall–Kier alpha value is -4.05. The molecule has 176 valence electrons. The molecule has 0 amide bonds. The van der Waals surface area contributed by atoms with Crippen LogP contribution in [0.2, 0.25) is 0 Å². The summed E-state index contributed by atoms with van der Waals surface area (Å²) >= 11 is 0. The van der Waals surface area contributed by atoms with Crippen molar-refractivity contribution in [2.24, 2.45) is 0 Å². The highest BCUT2D eigenvalue weighted by Crippen LogP contribution is 2.31. The van der Waals surface area contributed by atoms with Crippen LogP contribution in [0.25, 0.3) is 0 Å². The van der Waals surface area contributed by atoms with Gasteiger partial charge in [-0.15, -0.1) is 0 Å². The molecule has 0 saturated carbocycles. The van der Waals surface area contributed by atoms with Crippen LogP contribution in [0.1, 0.15) is 44.5 Å². The van der Waals surface area contributed by atoms with Gasteiger partial charge in [0.25, 0.3) is 0 Å². The van der Waals surface area contributed by atoms with Crippen LogP contribution in [0, 0.1) is 13.8 Å². The van der Waals surface area contributed by atoms with Gasteiger partial charge < -0.3 is 19.9 Å². The number of hydrogen-bond acceptors (Lipinski definition) is 9. The van der Waals surface area contributed by atoms with E-state index in [2.05, 4.69) is 9.97 Å². The Balaban J connectivity index is 1.50. The molecule has 1 saturated heterocycles. The van der Waals surface area contributed by atoms with Crippen LogP contribution < -0.4 is 11.4 Å². The van der Waals surface area contributed by atoms with Crippen molar-refractivity contribution in [2.75, 3.05) is 12.3 Å². The van der Waals surface area contributed by atoms with E-state index in [0.29, 0.717) is 11.1 Å². The number of nitrogens with two attached hydrogens (primary N) is 1. The molecule has 2 heterocycles. The van der Waals surface area contributed by atoms with Gasteiger partial charge >= 0.3 is 17.6 Å². The van der Waals surface area contributed by atoms with Crippen LogP contribution in [-0.4, -0.2) is 45.3 Å². The van der Waals surface area contributed by atoms with Crippen LogP contribution >= 0.6 is 0 Å². The van der Waals surface area contributed by atoms with E-state index in [1.807, 2.05) is 13.8 Å². The minimum atomic E-state index is -0.827. The molecule has 3 aromatic rings. The summed E-state index contributed by atoms with van der Waals surface area (Å²) in [4.78, 5) is 44.9. The summed E-state index contributed by atoms with van der Waals surface area (Å²) in [6, 6.07) is 13.9. The summed E-state index contributed by atoms with van der Waals surface area (Å²) in [7, 11) is 0. The zero-order valence-electron chi connectivity index (χ0n) is 18.7. The van der Waals surface area contributed by atoms with Crippen molar-refractivity contribution in [1.29, 1.82) is 0 Å². The second-order valence-corrected chi connectivity index (χ2v) is 8.04. The lowest BCUT2D eigenvalue weighted by Crippen LogP contribution is -2.32. The highest BCUT2D eigenvalue weighted by molar-refractivity contribution is 5.90. The summed E-state index contributed by atoms with van der Waals surface area (Å²) in [5, 5.41) is 0. The van der Waals surface area contributed by atoms with Gasteiger partial charge in [-0.3, -0.25) is 4.57 Å². The number of carbonyl (C=O) groups is 2. The third-order valence-electron chi connectivity index (χ3n) is 5.45. The zero-order chi connectivity index (χ0) is 24.2. The Morgan fingerprint density at radius 3 is 2.21 bits per heavy atom. The molecule has 34 heavy (non-hydrogen) atoms. The van der Waals surface area contributed by atoms with Crippen molar-refractivity contribution in [3.63, 3.8) is 0 Å². The molecule has 2 N–H and O–H groups in total. The largest absolute Gasteiger partial charge is 0.459 e. The van der Waals surface area contributed by atoms with Gasteiger partial charge in [0.15, 0.2) is 0 Å². The molecular weight excluding hydrogens is 440 g/mol. The monoisotopic (exact) mass is 464 g/mol. The van der Waals surface area contributed by atoms with Crippen LogP contribution in [0.3, 0.4) is 0 Å². The topological polar surface area (TPSA) is 136 Å². The molecule has 10 heteroatoms. The molecule has 3 atom stereocenters. The van der Waals surface area contributed by atoms with Gasteiger partial charge in [0, 0.05) is 6.42 Å². The smallest absolute Gasteiger partial charge is 0.354 e. The second-order valence-electron chi connectivity index (χ2n) is 8.04. The van der Waals surface area contributed by atoms with Crippen molar-refractivity contribution in [3.8, 4) is 0 Å². The first-order valence-corrected chi connectivity index (χ1v) is 10.7. The fraction of sp³-hybridized carbons (Fsp3) is 0.292. The number of aryl methyl sites for hydroxylation is 2. The van der Waals surface area contributed by atoms with Gasteiger partial charge in [0.1, 0.15) is 31.4 Å². The average Bonchev–Trinajstić information content (AvgIpc) is 3.20. The summed E-state index contributed by atoms with van der Waals surface area (Å²) in [6.07, 6.45) is -1.06. The van der Waals surface area contributed by atoms with Crippen molar-refractivity contribution in [3.05, 3.63) is 87.6 Å². The fourth-order valence-electron chi connectivity index (χ4n) is 3.52. The Morgan fingerprint density at radius 2 is 1.62 bits per heavy atom. The molecule has 0 spiro atoms. The number of carbonyl (C=O) groups excluding carboxylic acids is 2.